The molecule has 0 unspecified atom stereocenters. The number of aryl methyl sites for hydroxylation is 2. The average Bonchev–Trinajstić information content (AvgIpc) is 2.88. The molecule has 200 valence electrons. The molecular weight excluding hydrogens is 589 g/mol. The number of para-hydroxylation sites is 1. The number of hydrogen-bond donors (Lipinski definition) is 4. The van der Waals surface area contributed by atoms with Gasteiger partial charge in [-0.2, -0.15) is 0 Å². The van der Waals surface area contributed by atoms with Gasteiger partial charge < -0.3 is 20.8 Å². The number of carbonyl (C=O) groups is 2. The molecule has 0 radical (unpaired) electrons. The molecule has 0 amide bonds. The predicted molar refractivity (Wildman–Crippen MR) is 155 cm³/mol. The zero-order valence-corrected chi connectivity index (χ0v) is 23.3. The first-order valence-electron chi connectivity index (χ1n) is 11.3. The fourth-order valence-electron chi connectivity index (χ4n) is 4.04. The molecule has 4 aromatic carbocycles. The van der Waals surface area contributed by atoms with Crippen molar-refractivity contribution in [2.45, 2.75) is 13.8 Å². The van der Waals surface area contributed by atoms with E-state index in [2.05, 4.69) is 10.6 Å². The van der Waals surface area contributed by atoms with Crippen LogP contribution in [-0.4, -0.2) is 22.2 Å². The highest BCUT2D eigenvalue weighted by molar-refractivity contribution is 6.42. The van der Waals surface area contributed by atoms with Crippen LogP contribution in [0.3, 0.4) is 0 Å². The number of halogens is 5. The zero-order chi connectivity index (χ0) is 28.6. The van der Waals surface area contributed by atoms with Crippen LogP contribution < -0.4 is 10.6 Å². The number of hydrogen-bond acceptors (Lipinski definition) is 4. The van der Waals surface area contributed by atoms with Gasteiger partial charge in [-0.25, -0.2) is 14.0 Å². The Morgan fingerprint density at radius 3 is 2.03 bits per heavy atom. The van der Waals surface area contributed by atoms with Gasteiger partial charge in [0.05, 0.1) is 54.0 Å². The molecule has 4 rings (SSSR count). The summed E-state index contributed by atoms with van der Waals surface area (Å²) in [5, 5.41) is 26.2. The molecule has 6 nitrogen and oxygen atoms in total. The van der Waals surface area contributed by atoms with Crippen molar-refractivity contribution in [1.82, 2.24) is 0 Å². The van der Waals surface area contributed by atoms with Crippen LogP contribution in [0.25, 0.3) is 11.1 Å². The third-order valence-corrected chi connectivity index (χ3v) is 7.63. The van der Waals surface area contributed by atoms with Gasteiger partial charge >= 0.3 is 11.9 Å². The van der Waals surface area contributed by atoms with Crippen LogP contribution in [0.2, 0.25) is 20.1 Å². The second-order valence-corrected chi connectivity index (χ2v) is 10.1. The molecule has 11 heteroatoms. The monoisotopic (exact) mass is 606 g/mol. The number of carboxylic acids is 2. The van der Waals surface area contributed by atoms with E-state index in [1.165, 1.54) is 18.2 Å². The van der Waals surface area contributed by atoms with E-state index in [0.29, 0.717) is 11.1 Å². The molecule has 0 spiro atoms. The molecule has 0 aliphatic rings. The Morgan fingerprint density at radius 1 is 0.718 bits per heavy atom. The first-order valence-corrected chi connectivity index (χ1v) is 12.8. The van der Waals surface area contributed by atoms with Gasteiger partial charge in [-0.3, -0.25) is 0 Å². The molecule has 0 aliphatic carbocycles. The Bertz CT molecular complexity index is 1660. The molecule has 39 heavy (non-hydrogen) atoms. The minimum absolute atomic E-state index is 0.0388. The van der Waals surface area contributed by atoms with Gasteiger partial charge in [-0.15, -0.1) is 0 Å². The van der Waals surface area contributed by atoms with Crippen LogP contribution in [-0.2, 0) is 0 Å². The van der Waals surface area contributed by atoms with E-state index in [1.54, 1.807) is 38.1 Å². The van der Waals surface area contributed by atoms with Crippen LogP contribution >= 0.6 is 46.4 Å². The number of nitrogens with one attached hydrogen (secondary N) is 2. The summed E-state index contributed by atoms with van der Waals surface area (Å²) in [6, 6.07) is 13.0. The van der Waals surface area contributed by atoms with Crippen LogP contribution in [0.5, 0.6) is 0 Å². The van der Waals surface area contributed by atoms with Crippen LogP contribution in [0, 0.1) is 19.7 Å². The molecule has 0 aromatic heterocycles. The summed E-state index contributed by atoms with van der Waals surface area (Å²) in [7, 11) is 0. The molecule has 0 bridgehead atoms. The van der Waals surface area contributed by atoms with Crippen molar-refractivity contribution in [3.05, 3.63) is 103 Å². The van der Waals surface area contributed by atoms with Crippen molar-refractivity contribution < 1.29 is 24.2 Å². The molecular formula is C28H19Cl4FN2O4. The minimum atomic E-state index is -1.37. The molecule has 0 atom stereocenters. The summed E-state index contributed by atoms with van der Waals surface area (Å²) < 4.78 is 15.0. The minimum Gasteiger partial charge on any atom is -0.478 e. The van der Waals surface area contributed by atoms with E-state index in [9.17, 15) is 24.2 Å². The zero-order valence-electron chi connectivity index (χ0n) is 20.3. The second kappa shape index (κ2) is 11.3. The van der Waals surface area contributed by atoms with E-state index in [0.717, 1.165) is 12.1 Å². The number of aromatic carboxylic acids is 2. The SMILES string of the molecule is Cc1ccc(Cl)c(Nc2cc(F)cc(-c3cc(C)c(Cl)c(Nc4ccccc4C(=O)O)c3Cl)c2C(=O)O)c1Cl. The third kappa shape index (κ3) is 5.63. The van der Waals surface area contributed by atoms with Gasteiger partial charge in [0.1, 0.15) is 5.82 Å². The van der Waals surface area contributed by atoms with E-state index >= 15 is 0 Å². The average molecular weight is 608 g/mol. The van der Waals surface area contributed by atoms with Gasteiger partial charge in [0, 0.05) is 11.1 Å². The number of carboxylic acid groups (broad SMARTS) is 2. The largest absolute Gasteiger partial charge is 0.478 e. The first-order chi connectivity index (χ1) is 18.4. The molecule has 0 heterocycles. The molecule has 0 saturated carbocycles. The molecule has 4 aromatic rings. The quantitative estimate of drug-likeness (QED) is 0.167. The van der Waals surface area contributed by atoms with Gasteiger partial charge in [0.15, 0.2) is 0 Å². The van der Waals surface area contributed by atoms with E-state index < -0.39 is 17.8 Å². The van der Waals surface area contributed by atoms with Crippen molar-refractivity contribution in [1.29, 1.82) is 0 Å². The molecule has 0 aliphatic heterocycles. The molecule has 0 saturated heterocycles. The summed E-state index contributed by atoms with van der Waals surface area (Å²) in [5.41, 5.74) is 1.34. The molecule has 0 fully saturated rings. The topological polar surface area (TPSA) is 98.7 Å². The fraction of sp³-hybridized carbons (Fsp3) is 0.0714. The lowest BCUT2D eigenvalue weighted by molar-refractivity contribution is 0.0687. The maximum atomic E-state index is 15.0. The summed E-state index contributed by atoms with van der Waals surface area (Å²) >= 11 is 26.0. The van der Waals surface area contributed by atoms with E-state index in [4.69, 9.17) is 46.4 Å². The lowest BCUT2D eigenvalue weighted by Crippen LogP contribution is -2.08. The first kappa shape index (κ1) is 28.5. The highest BCUT2D eigenvalue weighted by Crippen LogP contribution is 2.45. The maximum absolute atomic E-state index is 15.0. The van der Waals surface area contributed by atoms with Crippen molar-refractivity contribution in [2.24, 2.45) is 0 Å². The van der Waals surface area contributed by atoms with Gasteiger partial charge in [0.2, 0.25) is 0 Å². The van der Waals surface area contributed by atoms with Gasteiger partial charge in [-0.05, 0) is 61.4 Å². The summed E-state index contributed by atoms with van der Waals surface area (Å²) in [4.78, 5) is 24.2. The van der Waals surface area contributed by atoms with Gasteiger partial charge in [0.25, 0.3) is 0 Å². The third-order valence-electron chi connectivity index (χ3n) is 5.95. The van der Waals surface area contributed by atoms with Crippen LogP contribution in [0.4, 0.5) is 27.1 Å². The number of benzene rings is 4. The lowest BCUT2D eigenvalue weighted by Gasteiger charge is -2.20. The van der Waals surface area contributed by atoms with Crippen molar-refractivity contribution in [3.63, 3.8) is 0 Å². The maximum Gasteiger partial charge on any atom is 0.338 e. The van der Waals surface area contributed by atoms with Gasteiger partial charge in [-0.1, -0.05) is 64.6 Å². The highest BCUT2D eigenvalue weighted by atomic mass is 35.5. The number of anilines is 4. The van der Waals surface area contributed by atoms with E-state index in [1.807, 2.05) is 0 Å². The highest BCUT2D eigenvalue weighted by Gasteiger charge is 2.25. The smallest absolute Gasteiger partial charge is 0.338 e. The summed E-state index contributed by atoms with van der Waals surface area (Å²) in [5.74, 6) is -3.31. The van der Waals surface area contributed by atoms with Crippen molar-refractivity contribution in [3.8, 4) is 11.1 Å². The summed E-state index contributed by atoms with van der Waals surface area (Å²) in [6.07, 6.45) is 0. The van der Waals surface area contributed by atoms with Crippen molar-refractivity contribution in [2.75, 3.05) is 10.6 Å². The Labute approximate surface area is 242 Å². The van der Waals surface area contributed by atoms with E-state index in [-0.39, 0.29) is 65.1 Å². The Morgan fingerprint density at radius 2 is 1.36 bits per heavy atom. The Kier molecular flexibility index (Phi) is 8.28. The standard InChI is InChI=1S/C28H19Cl4FN2O4/c1-12-7-8-18(29)25(22(12)30)35-20-11-14(33)10-16(21(20)28(38)39)17-9-13(2)23(31)26(24(17)32)34-19-6-4-3-5-15(19)27(36)37/h3-11,34-35H,1-2H3,(H,36,37)(H,38,39). The van der Waals surface area contributed by atoms with Crippen molar-refractivity contribution >= 4 is 81.1 Å². The number of rotatable bonds is 7. The second-order valence-electron chi connectivity index (χ2n) is 8.58. The normalized spacial score (nSPS) is 10.8. The van der Waals surface area contributed by atoms with Crippen LogP contribution in [0.15, 0.2) is 54.6 Å². The lowest BCUT2D eigenvalue weighted by atomic mass is 9.95. The summed E-state index contributed by atoms with van der Waals surface area (Å²) in [6.45, 7) is 3.40. The van der Waals surface area contributed by atoms with Crippen LogP contribution in [0.1, 0.15) is 31.8 Å². The predicted octanol–water partition coefficient (Wildman–Crippen LogP) is 9.61. The molecule has 4 N–H and O–H groups in total. The Hall–Kier alpha value is -3.49. The fourth-order valence-corrected chi connectivity index (χ4v) is 5.05. The Balaban J connectivity index is 1.94.